The molecule has 0 radical (unpaired) electrons. The van der Waals surface area contributed by atoms with Gasteiger partial charge in [-0.05, 0) is 54.8 Å². The second kappa shape index (κ2) is 6.62. The monoisotopic (exact) mass is 388 g/mol. The summed E-state index contributed by atoms with van der Waals surface area (Å²) in [4.78, 5) is 4.09. The zero-order chi connectivity index (χ0) is 18.2. The van der Waals surface area contributed by atoms with Crippen LogP contribution in [-0.2, 0) is 12.1 Å². The van der Waals surface area contributed by atoms with Gasteiger partial charge in [-0.15, -0.1) is 0 Å². The van der Waals surface area contributed by atoms with Crippen LogP contribution >= 0.6 is 23.2 Å². The first-order valence-electron chi connectivity index (χ1n) is 8.40. The fourth-order valence-corrected chi connectivity index (χ4v) is 3.56. The number of hydrogen-bond donors (Lipinski definition) is 1. The SMILES string of the molecule is OC(Cn1ccnc1)(c1ccc(Cl)cc1)C1(Oc2ccc(Cl)cc2)CC1. The van der Waals surface area contributed by atoms with E-state index in [2.05, 4.69) is 4.98 Å². The molecule has 6 heteroatoms. The summed E-state index contributed by atoms with van der Waals surface area (Å²) in [6.45, 7) is 0.336. The van der Waals surface area contributed by atoms with Crippen LogP contribution in [-0.4, -0.2) is 20.3 Å². The minimum atomic E-state index is -1.22. The van der Waals surface area contributed by atoms with E-state index in [1.807, 2.05) is 35.0 Å². The molecular weight excluding hydrogens is 371 g/mol. The fraction of sp³-hybridized carbons (Fsp3) is 0.250. The van der Waals surface area contributed by atoms with E-state index in [1.165, 1.54) is 0 Å². The van der Waals surface area contributed by atoms with Crippen molar-refractivity contribution >= 4 is 23.2 Å². The van der Waals surface area contributed by atoms with Crippen LogP contribution in [0.25, 0.3) is 0 Å². The van der Waals surface area contributed by atoms with Crippen molar-refractivity contribution in [2.24, 2.45) is 0 Å². The Morgan fingerprint density at radius 1 is 1.04 bits per heavy atom. The molecule has 1 N–H and O–H groups in total. The molecule has 2 aromatic carbocycles. The van der Waals surface area contributed by atoms with Crippen LogP contribution in [0.15, 0.2) is 67.3 Å². The third-order valence-corrected chi connectivity index (χ3v) is 5.38. The summed E-state index contributed by atoms with van der Waals surface area (Å²) in [6.07, 6.45) is 6.73. The highest BCUT2D eigenvalue weighted by Gasteiger charge is 2.62. The smallest absolute Gasteiger partial charge is 0.147 e. The highest BCUT2D eigenvalue weighted by atomic mass is 35.5. The summed E-state index contributed by atoms with van der Waals surface area (Å²) < 4.78 is 8.15. The van der Waals surface area contributed by atoms with E-state index >= 15 is 0 Å². The van der Waals surface area contributed by atoms with Crippen molar-refractivity contribution in [2.45, 2.75) is 30.6 Å². The number of aromatic nitrogens is 2. The quantitative estimate of drug-likeness (QED) is 0.666. The summed E-state index contributed by atoms with van der Waals surface area (Å²) >= 11 is 12.0. The van der Waals surface area contributed by atoms with Crippen LogP contribution in [0.5, 0.6) is 5.75 Å². The Balaban J connectivity index is 1.72. The van der Waals surface area contributed by atoms with Gasteiger partial charge in [0.05, 0.1) is 12.9 Å². The number of ether oxygens (including phenoxy) is 1. The normalized spacial score (nSPS) is 17.5. The molecule has 134 valence electrons. The number of benzene rings is 2. The molecule has 26 heavy (non-hydrogen) atoms. The van der Waals surface area contributed by atoms with Gasteiger partial charge in [-0.2, -0.15) is 0 Å². The molecule has 1 saturated carbocycles. The average molecular weight is 389 g/mol. The van der Waals surface area contributed by atoms with E-state index < -0.39 is 11.2 Å². The third-order valence-electron chi connectivity index (χ3n) is 4.88. The van der Waals surface area contributed by atoms with Gasteiger partial charge in [0.2, 0.25) is 0 Å². The van der Waals surface area contributed by atoms with Crippen molar-refractivity contribution in [2.75, 3.05) is 0 Å². The molecule has 1 fully saturated rings. The summed E-state index contributed by atoms with van der Waals surface area (Å²) in [5, 5.41) is 13.1. The lowest BCUT2D eigenvalue weighted by Crippen LogP contribution is -2.48. The predicted octanol–water partition coefficient (Wildman–Crippen LogP) is 4.69. The van der Waals surface area contributed by atoms with Crippen molar-refractivity contribution in [1.29, 1.82) is 0 Å². The highest BCUT2D eigenvalue weighted by molar-refractivity contribution is 6.30. The Labute approximate surface area is 162 Å². The Bertz CT molecular complexity index is 875. The zero-order valence-electron chi connectivity index (χ0n) is 14.0. The number of nitrogens with zero attached hydrogens (tertiary/aromatic N) is 2. The van der Waals surface area contributed by atoms with Crippen molar-refractivity contribution in [3.05, 3.63) is 82.9 Å². The molecule has 1 aliphatic carbocycles. The van der Waals surface area contributed by atoms with Gasteiger partial charge < -0.3 is 14.4 Å². The average Bonchev–Trinajstić information content (AvgIpc) is 3.25. The Kier molecular flexibility index (Phi) is 4.43. The van der Waals surface area contributed by atoms with Crippen molar-refractivity contribution < 1.29 is 9.84 Å². The molecule has 3 aromatic rings. The first kappa shape index (κ1) is 17.4. The number of imidazole rings is 1. The molecule has 0 spiro atoms. The van der Waals surface area contributed by atoms with E-state index in [4.69, 9.17) is 27.9 Å². The number of aliphatic hydroxyl groups is 1. The zero-order valence-corrected chi connectivity index (χ0v) is 15.5. The molecule has 1 heterocycles. The van der Waals surface area contributed by atoms with Gasteiger partial charge in [-0.25, -0.2) is 4.98 Å². The molecule has 1 aromatic heterocycles. The summed E-state index contributed by atoms with van der Waals surface area (Å²) in [7, 11) is 0. The Hall–Kier alpha value is -2.01. The van der Waals surface area contributed by atoms with Crippen LogP contribution < -0.4 is 4.74 Å². The summed E-state index contributed by atoms with van der Waals surface area (Å²) in [6, 6.07) is 14.5. The minimum absolute atomic E-state index is 0.336. The standard InChI is InChI=1S/C20H18Cl2N2O2/c21-16-3-1-15(2-4-16)20(25,13-24-12-11-23-14-24)19(9-10-19)26-18-7-5-17(22)6-8-18/h1-8,11-12,14,25H,9-10,13H2. The maximum absolute atomic E-state index is 11.8. The topological polar surface area (TPSA) is 47.3 Å². The Morgan fingerprint density at radius 3 is 2.19 bits per heavy atom. The van der Waals surface area contributed by atoms with Crippen LogP contribution in [0.4, 0.5) is 0 Å². The van der Waals surface area contributed by atoms with Crippen LogP contribution in [0.1, 0.15) is 18.4 Å². The molecule has 0 saturated heterocycles. The van der Waals surface area contributed by atoms with E-state index in [-0.39, 0.29) is 0 Å². The van der Waals surface area contributed by atoms with Crippen LogP contribution in [0.3, 0.4) is 0 Å². The minimum Gasteiger partial charge on any atom is -0.484 e. The molecule has 4 nitrogen and oxygen atoms in total. The van der Waals surface area contributed by atoms with Crippen molar-refractivity contribution in [1.82, 2.24) is 9.55 Å². The van der Waals surface area contributed by atoms with Gasteiger partial charge >= 0.3 is 0 Å². The largest absolute Gasteiger partial charge is 0.484 e. The first-order chi connectivity index (χ1) is 12.5. The molecular formula is C20H18Cl2N2O2. The van der Waals surface area contributed by atoms with Gasteiger partial charge in [-0.1, -0.05) is 35.3 Å². The van der Waals surface area contributed by atoms with Gasteiger partial charge in [0, 0.05) is 22.4 Å². The number of hydrogen-bond acceptors (Lipinski definition) is 3. The molecule has 0 amide bonds. The van der Waals surface area contributed by atoms with Crippen LogP contribution in [0, 0.1) is 0 Å². The molecule has 1 unspecified atom stereocenters. The maximum Gasteiger partial charge on any atom is 0.147 e. The first-order valence-corrected chi connectivity index (χ1v) is 9.15. The van der Waals surface area contributed by atoms with Crippen molar-refractivity contribution in [3.8, 4) is 5.75 Å². The third kappa shape index (κ3) is 3.20. The second-order valence-electron chi connectivity index (χ2n) is 6.65. The summed E-state index contributed by atoms with van der Waals surface area (Å²) in [5.41, 5.74) is -1.17. The van der Waals surface area contributed by atoms with Gasteiger partial charge in [0.1, 0.15) is 17.0 Å². The lowest BCUT2D eigenvalue weighted by Gasteiger charge is -2.37. The lowest BCUT2D eigenvalue weighted by molar-refractivity contribution is -0.0962. The van der Waals surface area contributed by atoms with E-state index in [1.54, 1.807) is 36.8 Å². The maximum atomic E-state index is 11.8. The molecule has 1 aliphatic rings. The van der Waals surface area contributed by atoms with Crippen molar-refractivity contribution in [3.63, 3.8) is 0 Å². The fourth-order valence-electron chi connectivity index (χ4n) is 3.31. The molecule has 4 rings (SSSR count). The second-order valence-corrected chi connectivity index (χ2v) is 7.53. The van der Waals surface area contributed by atoms with Gasteiger partial charge in [0.15, 0.2) is 0 Å². The van der Waals surface area contributed by atoms with E-state index in [9.17, 15) is 5.11 Å². The van der Waals surface area contributed by atoms with E-state index in [0.29, 0.717) is 22.3 Å². The van der Waals surface area contributed by atoms with Crippen LogP contribution in [0.2, 0.25) is 10.0 Å². The molecule has 0 aliphatic heterocycles. The summed E-state index contributed by atoms with van der Waals surface area (Å²) in [5.74, 6) is 0.685. The molecule has 1 atom stereocenters. The Morgan fingerprint density at radius 2 is 1.65 bits per heavy atom. The van der Waals surface area contributed by atoms with Gasteiger partial charge in [0.25, 0.3) is 0 Å². The molecule has 0 bridgehead atoms. The van der Waals surface area contributed by atoms with E-state index in [0.717, 1.165) is 18.4 Å². The van der Waals surface area contributed by atoms with Gasteiger partial charge in [-0.3, -0.25) is 0 Å². The highest BCUT2D eigenvalue weighted by Crippen LogP contribution is 2.54. The lowest BCUT2D eigenvalue weighted by atomic mass is 9.85. The predicted molar refractivity (Wildman–Crippen MR) is 102 cm³/mol. The number of halogens is 2. The number of rotatable bonds is 6.